The second kappa shape index (κ2) is 14.4. The molecule has 3 fully saturated rings. The predicted octanol–water partition coefficient (Wildman–Crippen LogP) is 3.47. The van der Waals surface area contributed by atoms with E-state index in [-0.39, 0.29) is 53.2 Å². The molecule has 0 radical (unpaired) electrons. The van der Waals surface area contributed by atoms with Gasteiger partial charge in [-0.05, 0) is 66.3 Å². The lowest BCUT2D eigenvalue weighted by molar-refractivity contribution is -0.138. The van der Waals surface area contributed by atoms with Crippen molar-refractivity contribution < 1.29 is 28.2 Å². The first-order valence-corrected chi connectivity index (χ1v) is 16.8. The van der Waals surface area contributed by atoms with E-state index >= 15 is 4.39 Å². The Morgan fingerprint density at radius 3 is 2.50 bits per heavy atom. The summed E-state index contributed by atoms with van der Waals surface area (Å²) in [6.07, 6.45) is 5.96. The summed E-state index contributed by atoms with van der Waals surface area (Å²) in [6.45, 7) is 9.39. The van der Waals surface area contributed by atoms with Crippen LogP contribution in [0.2, 0.25) is 0 Å². The third kappa shape index (κ3) is 7.65. The van der Waals surface area contributed by atoms with Crippen LogP contribution in [0.1, 0.15) is 106 Å². The molecule has 250 valence electrons. The van der Waals surface area contributed by atoms with Gasteiger partial charge in [-0.25, -0.2) is 9.02 Å². The maximum Gasteiger partial charge on any atom is 0.276 e. The van der Waals surface area contributed by atoms with E-state index in [4.69, 9.17) is 4.63 Å². The summed E-state index contributed by atoms with van der Waals surface area (Å²) >= 11 is 0. The summed E-state index contributed by atoms with van der Waals surface area (Å²) in [5, 5.41) is 16.8. The van der Waals surface area contributed by atoms with Crippen molar-refractivity contribution in [2.75, 3.05) is 19.6 Å². The fourth-order valence-corrected chi connectivity index (χ4v) is 6.88. The van der Waals surface area contributed by atoms with Crippen LogP contribution < -0.4 is 16.0 Å². The molecule has 0 unspecified atom stereocenters. The van der Waals surface area contributed by atoms with Gasteiger partial charge in [-0.3, -0.25) is 19.2 Å². The van der Waals surface area contributed by atoms with E-state index in [0.717, 1.165) is 38.5 Å². The molecule has 3 amide bonds. The molecule has 0 bridgehead atoms. The molecule has 46 heavy (non-hydrogen) atoms. The van der Waals surface area contributed by atoms with Crippen LogP contribution in [-0.4, -0.2) is 76.0 Å². The van der Waals surface area contributed by atoms with E-state index in [0.29, 0.717) is 43.2 Å². The Balaban J connectivity index is 1.32. The van der Waals surface area contributed by atoms with Crippen molar-refractivity contribution >= 4 is 23.5 Å². The van der Waals surface area contributed by atoms with Crippen LogP contribution in [0, 0.1) is 17.7 Å². The molecule has 5 rings (SSSR count). The van der Waals surface area contributed by atoms with Crippen molar-refractivity contribution in [2.45, 2.75) is 109 Å². The van der Waals surface area contributed by atoms with Crippen LogP contribution in [-0.2, 0) is 27.2 Å². The largest absolute Gasteiger partial charge is 0.344 e. The monoisotopic (exact) mass is 638 g/mol. The van der Waals surface area contributed by atoms with E-state index in [9.17, 15) is 19.2 Å². The van der Waals surface area contributed by atoms with Crippen LogP contribution in [0.5, 0.6) is 0 Å². The van der Waals surface area contributed by atoms with Crippen molar-refractivity contribution in [3.8, 4) is 0 Å². The SMILES string of the molecule is CCC(=O)N[C@@H](C(=O)N1CCNC2(CC2)C1)[C@@H](C)c1ccc(CC(=O)[C@@H](NC(=O)c2nonc2CC)C2CCC(C)CC2)c(F)c1. The number of carbonyl (C=O) groups excluding carboxylic acids is 4. The Hall–Kier alpha value is -3.67. The summed E-state index contributed by atoms with van der Waals surface area (Å²) in [5.41, 5.74) is 1.21. The number of halogens is 1. The maximum absolute atomic E-state index is 15.7. The minimum atomic E-state index is -0.847. The average Bonchev–Trinajstić information content (AvgIpc) is 3.60. The van der Waals surface area contributed by atoms with Gasteiger partial charge in [-0.2, -0.15) is 0 Å². The Bertz CT molecular complexity index is 1430. The Labute approximate surface area is 269 Å². The quantitative estimate of drug-likeness (QED) is 0.320. The van der Waals surface area contributed by atoms with Gasteiger partial charge in [-0.1, -0.05) is 57.8 Å². The average molecular weight is 639 g/mol. The van der Waals surface area contributed by atoms with Crippen molar-refractivity contribution in [2.24, 2.45) is 11.8 Å². The summed E-state index contributed by atoms with van der Waals surface area (Å²) < 4.78 is 20.5. The number of hydrogen-bond donors (Lipinski definition) is 3. The van der Waals surface area contributed by atoms with Crippen molar-refractivity contribution in [3.05, 3.63) is 46.5 Å². The van der Waals surface area contributed by atoms with E-state index in [1.165, 1.54) is 6.07 Å². The number of aryl methyl sites for hydroxylation is 1. The lowest BCUT2D eigenvalue weighted by Crippen LogP contribution is -2.59. The molecule has 3 atom stereocenters. The van der Waals surface area contributed by atoms with Gasteiger partial charge in [0.2, 0.25) is 11.8 Å². The third-order valence-corrected chi connectivity index (χ3v) is 10.2. The number of amides is 3. The molecule has 1 saturated heterocycles. The Kier molecular flexibility index (Phi) is 10.5. The highest BCUT2D eigenvalue weighted by atomic mass is 19.1. The molecule has 1 spiro atoms. The highest BCUT2D eigenvalue weighted by Crippen LogP contribution is 2.38. The summed E-state index contributed by atoms with van der Waals surface area (Å²) in [4.78, 5) is 54.9. The third-order valence-electron chi connectivity index (χ3n) is 10.2. The zero-order chi connectivity index (χ0) is 33.0. The number of rotatable bonds is 12. The molecule has 12 heteroatoms. The fraction of sp³-hybridized carbons (Fsp3) is 0.647. The topological polar surface area (TPSA) is 147 Å². The molecule has 2 heterocycles. The number of hydrogen-bond acceptors (Lipinski definition) is 8. The van der Waals surface area contributed by atoms with Crippen molar-refractivity contribution in [1.82, 2.24) is 31.2 Å². The molecule has 1 aromatic heterocycles. The van der Waals surface area contributed by atoms with Crippen molar-refractivity contribution in [1.29, 1.82) is 0 Å². The normalized spacial score (nSPS) is 22.5. The molecule has 2 saturated carbocycles. The Morgan fingerprint density at radius 1 is 1.11 bits per heavy atom. The number of nitrogens with one attached hydrogen (secondary N) is 3. The van der Waals surface area contributed by atoms with Crippen LogP contribution in [0.4, 0.5) is 4.39 Å². The zero-order valence-corrected chi connectivity index (χ0v) is 27.4. The molecule has 11 nitrogen and oxygen atoms in total. The molecular formula is C34H47FN6O5. The lowest BCUT2D eigenvalue weighted by atomic mass is 9.77. The van der Waals surface area contributed by atoms with Crippen molar-refractivity contribution in [3.63, 3.8) is 0 Å². The number of carbonyl (C=O) groups is 4. The van der Waals surface area contributed by atoms with E-state index in [1.807, 2.05) is 18.7 Å². The summed E-state index contributed by atoms with van der Waals surface area (Å²) in [6, 6.07) is 3.00. The summed E-state index contributed by atoms with van der Waals surface area (Å²) in [7, 11) is 0. The number of aromatic nitrogens is 2. The highest BCUT2D eigenvalue weighted by molar-refractivity contribution is 5.97. The molecule has 1 aromatic carbocycles. The zero-order valence-electron chi connectivity index (χ0n) is 27.4. The first-order chi connectivity index (χ1) is 22.0. The van der Waals surface area contributed by atoms with Gasteiger partial charge in [0.1, 0.15) is 17.6 Å². The van der Waals surface area contributed by atoms with Crippen LogP contribution >= 0.6 is 0 Å². The van der Waals surface area contributed by atoms with Gasteiger partial charge in [0.25, 0.3) is 5.91 Å². The number of nitrogens with zero attached hydrogens (tertiary/aromatic N) is 3. The summed E-state index contributed by atoms with van der Waals surface area (Å²) in [5.74, 6) is -1.83. The first kappa shape index (κ1) is 33.7. The number of piperazine rings is 1. The number of Topliss-reactive ketones (excluding diaryl/α,β-unsaturated/α-hetero) is 1. The molecule has 3 aliphatic rings. The minimum Gasteiger partial charge on any atom is -0.344 e. The number of ketones is 1. The second-order valence-corrected chi connectivity index (χ2v) is 13.5. The number of benzene rings is 1. The molecule has 2 aromatic rings. The van der Waals surface area contributed by atoms with Gasteiger partial charge < -0.3 is 20.9 Å². The molecule has 3 N–H and O–H groups in total. The van der Waals surface area contributed by atoms with Crippen LogP contribution in [0.3, 0.4) is 0 Å². The van der Waals surface area contributed by atoms with E-state index in [2.05, 4.69) is 33.2 Å². The second-order valence-electron chi connectivity index (χ2n) is 13.5. The van der Waals surface area contributed by atoms with Gasteiger partial charge in [-0.15, -0.1) is 0 Å². The predicted molar refractivity (Wildman–Crippen MR) is 168 cm³/mol. The van der Waals surface area contributed by atoms with Crippen LogP contribution in [0.15, 0.2) is 22.8 Å². The first-order valence-electron chi connectivity index (χ1n) is 16.8. The lowest BCUT2D eigenvalue weighted by Gasteiger charge is -2.37. The van der Waals surface area contributed by atoms with Gasteiger partial charge in [0.15, 0.2) is 11.5 Å². The van der Waals surface area contributed by atoms with Gasteiger partial charge >= 0.3 is 0 Å². The fourth-order valence-electron chi connectivity index (χ4n) is 6.88. The molecule has 2 aliphatic carbocycles. The van der Waals surface area contributed by atoms with Gasteiger partial charge in [0.05, 0.1) is 6.04 Å². The van der Waals surface area contributed by atoms with E-state index in [1.54, 1.807) is 19.1 Å². The minimum absolute atomic E-state index is 0.0197. The Morgan fingerprint density at radius 2 is 1.85 bits per heavy atom. The van der Waals surface area contributed by atoms with Crippen LogP contribution in [0.25, 0.3) is 0 Å². The maximum atomic E-state index is 15.7. The molecule has 1 aliphatic heterocycles. The molecular weight excluding hydrogens is 591 g/mol. The standard InChI is InChI=1S/C34H47FN6O5/c1-5-26-31(40-46-39-26)32(44)38-30(22-9-7-20(3)8-10-22)27(42)18-24-12-11-23(17-25(24)35)21(4)29(37-28(43)6-2)33(45)41-16-15-36-34(19-41)13-14-34/h11-12,17,20-22,29-30,36H,5-10,13-16,18-19H2,1-4H3,(H,37,43)(H,38,44)/t20?,21-,22?,29+,30-/m0/s1. The highest BCUT2D eigenvalue weighted by Gasteiger charge is 2.47. The van der Waals surface area contributed by atoms with Gasteiger partial charge in [0, 0.05) is 43.9 Å². The smallest absolute Gasteiger partial charge is 0.276 e. The van der Waals surface area contributed by atoms with E-state index < -0.39 is 29.7 Å².